The van der Waals surface area contributed by atoms with Crippen molar-refractivity contribution in [1.82, 2.24) is 24.9 Å². The maximum atomic E-state index is 5.39. The minimum Gasteiger partial charge on any atom is -0.338 e. The van der Waals surface area contributed by atoms with Crippen LogP contribution in [-0.2, 0) is 18.6 Å². The summed E-state index contributed by atoms with van der Waals surface area (Å²) in [4.78, 5) is 5.74. The summed E-state index contributed by atoms with van der Waals surface area (Å²) in [6, 6.07) is 14.4. The molecule has 0 unspecified atom stereocenters. The summed E-state index contributed by atoms with van der Waals surface area (Å²) in [7, 11) is 0. The molecule has 0 spiro atoms. The normalized spacial score (nSPS) is 11.4. The predicted molar refractivity (Wildman–Crippen MR) is 111 cm³/mol. The molecule has 3 heterocycles. The van der Waals surface area contributed by atoms with Gasteiger partial charge in [0.1, 0.15) is 5.82 Å². The van der Waals surface area contributed by atoms with Crippen LogP contribution in [0.1, 0.15) is 36.3 Å². The van der Waals surface area contributed by atoms with Crippen molar-refractivity contribution in [1.29, 1.82) is 0 Å². The molecule has 8 heteroatoms. The van der Waals surface area contributed by atoms with Gasteiger partial charge in [-0.2, -0.15) is 4.98 Å². The molecular weight excluding hydrogens is 390 g/mol. The van der Waals surface area contributed by atoms with Gasteiger partial charge in [0, 0.05) is 23.4 Å². The van der Waals surface area contributed by atoms with Crippen molar-refractivity contribution in [2.75, 3.05) is 0 Å². The second-order valence-electron chi connectivity index (χ2n) is 6.82. The number of hydrogen-bond acceptors (Lipinski definition) is 7. The van der Waals surface area contributed by atoms with E-state index in [4.69, 9.17) is 4.52 Å². The third-order valence-electron chi connectivity index (χ3n) is 4.05. The summed E-state index contributed by atoms with van der Waals surface area (Å²) in [5.41, 5.74) is 1.05. The summed E-state index contributed by atoms with van der Waals surface area (Å²) >= 11 is 3.28. The van der Waals surface area contributed by atoms with Crippen LogP contribution in [0.3, 0.4) is 0 Å². The highest BCUT2D eigenvalue weighted by molar-refractivity contribution is 7.98. The van der Waals surface area contributed by atoms with Crippen molar-refractivity contribution in [3.05, 3.63) is 70.3 Å². The number of thioether (sulfide) groups is 1. The molecule has 4 rings (SSSR count). The van der Waals surface area contributed by atoms with Crippen LogP contribution < -0.4 is 0 Å². The fourth-order valence-corrected chi connectivity index (χ4v) is 4.35. The minimum atomic E-state index is 0.499. The zero-order valence-electron chi connectivity index (χ0n) is 15.8. The molecule has 4 aromatic rings. The number of benzene rings is 1. The molecule has 1 aromatic carbocycles. The van der Waals surface area contributed by atoms with E-state index in [1.165, 1.54) is 4.88 Å². The SMILES string of the molecule is CC(C)Cc1noc(CSc2nnc(Cc3cccs3)n2-c2ccccc2)n1. The molecule has 6 nitrogen and oxygen atoms in total. The van der Waals surface area contributed by atoms with Crippen LogP contribution in [0, 0.1) is 5.92 Å². The Morgan fingerprint density at radius 3 is 2.71 bits per heavy atom. The van der Waals surface area contributed by atoms with Gasteiger partial charge in [-0.05, 0) is 29.5 Å². The summed E-state index contributed by atoms with van der Waals surface area (Å²) in [6.45, 7) is 4.28. The Kier molecular flexibility index (Phi) is 5.87. The van der Waals surface area contributed by atoms with Crippen LogP contribution in [-0.4, -0.2) is 24.9 Å². The van der Waals surface area contributed by atoms with Gasteiger partial charge in [-0.25, -0.2) is 0 Å². The number of rotatable bonds is 8. The van der Waals surface area contributed by atoms with Gasteiger partial charge < -0.3 is 4.52 Å². The smallest absolute Gasteiger partial charge is 0.237 e. The van der Waals surface area contributed by atoms with Crippen molar-refractivity contribution in [2.24, 2.45) is 5.92 Å². The molecule has 0 atom stereocenters. The lowest BCUT2D eigenvalue weighted by molar-refractivity contribution is 0.382. The van der Waals surface area contributed by atoms with Crippen LogP contribution in [0.25, 0.3) is 5.69 Å². The third-order valence-corrected chi connectivity index (χ3v) is 5.84. The van der Waals surface area contributed by atoms with Crippen molar-refractivity contribution in [3.63, 3.8) is 0 Å². The highest BCUT2D eigenvalue weighted by atomic mass is 32.2. The van der Waals surface area contributed by atoms with E-state index in [0.29, 0.717) is 17.6 Å². The molecule has 0 amide bonds. The van der Waals surface area contributed by atoms with E-state index in [2.05, 4.69) is 68.4 Å². The minimum absolute atomic E-state index is 0.499. The van der Waals surface area contributed by atoms with E-state index in [1.54, 1.807) is 23.1 Å². The summed E-state index contributed by atoms with van der Waals surface area (Å²) < 4.78 is 7.49. The summed E-state index contributed by atoms with van der Waals surface area (Å²) in [6.07, 6.45) is 1.57. The molecular formula is C20H21N5OS2. The first kappa shape index (κ1) is 18.9. The van der Waals surface area contributed by atoms with Gasteiger partial charge in [-0.3, -0.25) is 4.57 Å². The fourth-order valence-electron chi connectivity index (χ4n) is 2.84. The highest BCUT2D eigenvalue weighted by Gasteiger charge is 2.17. The van der Waals surface area contributed by atoms with Gasteiger partial charge in [0.2, 0.25) is 5.89 Å². The third kappa shape index (κ3) is 4.51. The van der Waals surface area contributed by atoms with Gasteiger partial charge in [-0.1, -0.05) is 55.0 Å². The lowest BCUT2D eigenvalue weighted by atomic mass is 10.1. The van der Waals surface area contributed by atoms with Crippen LogP contribution in [0.5, 0.6) is 0 Å². The number of para-hydroxylation sites is 1. The molecule has 0 saturated heterocycles. The molecule has 0 aliphatic heterocycles. The molecule has 0 saturated carbocycles. The quantitative estimate of drug-likeness (QED) is 0.388. The Morgan fingerprint density at radius 2 is 1.96 bits per heavy atom. The maximum absolute atomic E-state index is 5.39. The lowest BCUT2D eigenvalue weighted by Crippen LogP contribution is -2.03. The number of aromatic nitrogens is 5. The highest BCUT2D eigenvalue weighted by Crippen LogP contribution is 2.26. The predicted octanol–water partition coefficient (Wildman–Crippen LogP) is 4.79. The zero-order chi connectivity index (χ0) is 19.3. The molecule has 0 radical (unpaired) electrons. The van der Waals surface area contributed by atoms with E-state index in [1.807, 2.05) is 18.2 Å². The van der Waals surface area contributed by atoms with E-state index < -0.39 is 0 Å². The number of nitrogens with zero attached hydrogens (tertiary/aromatic N) is 5. The van der Waals surface area contributed by atoms with Crippen LogP contribution in [0.15, 0.2) is 57.5 Å². The number of hydrogen-bond donors (Lipinski definition) is 0. The monoisotopic (exact) mass is 411 g/mol. The van der Waals surface area contributed by atoms with E-state index in [-0.39, 0.29) is 0 Å². The van der Waals surface area contributed by atoms with Crippen LogP contribution in [0.4, 0.5) is 0 Å². The Morgan fingerprint density at radius 1 is 1.11 bits per heavy atom. The summed E-state index contributed by atoms with van der Waals surface area (Å²) in [5.74, 6) is 3.35. The Hall–Kier alpha value is -2.45. The molecule has 0 N–H and O–H groups in total. The first-order valence-electron chi connectivity index (χ1n) is 9.15. The zero-order valence-corrected chi connectivity index (χ0v) is 17.4. The van der Waals surface area contributed by atoms with Gasteiger partial charge in [0.05, 0.1) is 5.75 Å². The molecule has 0 aliphatic carbocycles. The van der Waals surface area contributed by atoms with E-state index in [0.717, 1.165) is 35.3 Å². The van der Waals surface area contributed by atoms with E-state index in [9.17, 15) is 0 Å². The molecule has 28 heavy (non-hydrogen) atoms. The standard InChI is InChI=1S/C20H21N5OS2/c1-14(2)11-17-21-19(26-24-17)13-28-20-23-22-18(12-16-9-6-10-27-16)25(20)15-7-4-3-5-8-15/h3-10,14H,11-13H2,1-2H3. The first-order chi connectivity index (χ1) is 13.7. The Bertz CT molecular complexity index is 1010. The first-order valence-corrected chi connectivity index (χ1v) is 11.0. The van der Waals surface area contributed by atoms with Crippen molar-refractivity contribution >= 4 is 23.1 Å². The van der Waals surface area contributed by atoms with Crippen molar-refractivity contribution < 1.29 is 4.52 Å². The maximum Gasteiger partial charge on any atom is 0.237 e. The van der Waals surface area contributed by atoms with Crippen LogP contribution in [0.2, 0.25) is 0 Å². The van der Waals surface area contributed by atoms with Gasteiger partial charge >= 0.3 is 0 Å². The second kappa shape index (κ2) is 8.70. The van der Waals surface area contributed by atoms with Gasteiger partial charge in [0.15, 0.2) is 11.0 Å². The van der Waals surface area contributed by atoms with Crippen molar-refractivity contribution in [2.45, 2.75) is 37.6 Å². The lowest BCUT2D eigenvalue weighted by Gasteiger charge is -2.09. The topological polar surface area (TPSA) is 69.6 Å². The molecule has 0 fully saturated rings. The molecule has 3 aromatic heterocycles. The average molecular weight is 412 g/mol. The number of thiophene rings is 1. The fraction of sp³-hybridized carbons (Fsp3) is 0.300. The molecule has 0 aliphatic rings. The average Bonchev–Trinajstić information content (AvgIpc) is 3.42. The molecule has 0 bridgehead atoms. The Labute approximate surface area is 172 Å². The Balaban J connectivity index is 1.56. The summed E-state index contributed by atoms with van der Waals surface area (Å²) in [5, 5.41) is 15.9. The second-order valence-corrected chi connectivity index (χ2v) is 8.79. The van der Waals surface area contributed by atoms with Gasteiger partial charge in [0.25, 0.3) is 0 Å². The van der Waals surface area contributed by atoms with Crippen LogP contribution >= 0.6 is 23.1 Å². The molecule has 144 valence electrons. The van der Waals surface area contributed by atoms with Crippen molar-refractivity contribution in [3.8, 4) is 5.69 Å². The largest absolute Gasteiger partial charge is 0.338 e. The van der Waals surface area contributed by atoms with E-state index >= 15 is 0 Å². The van der Waals surface area contributed by atoms with Gasteiger partial charge in [-0.15, -0.1) is 21.5 Å².